The first-order chi connectivity index (χ1) is 8.83. The molecule has 19 heavy (non-hydrogen) atoms. The van der Waals surface area contributed by atoms with Crippen LogP contribution in [0.15, 0.2) is 0 Å². The first kappa shape index (κ1) is 16.4. The molecule has 1 rings (SSSR count). The molecule has 0 spiro atoms. The third-order valence-electron chi connectivity index (χ3n) is 3.86. The summed E-state index contributed by atoms with van der Waals surface area (Å²) in [7, 11) is -3.28. The smallest absolute Gasteiger partial charge is 0.303 e. The van der Waals surface area contributed by atoms with Gasteiger partial charge < -0.3 is 5.11 Å². The van der Waals surface area contributed by atoms with Crippen molar-refractivity contribution < 1.29 is 18.3 Å². The summed E-state index contributed by atoms with van der Waals surface area (Å²) in [5.74, 6) is 0.200. The maximum atomic E-state index is 12.1. The number of carboxylic acid groups (broad SMARTS) is 1. The van der Waals surface area contributed by atoms with Gasteiger partial charge in [-0.2, -0.15) is 0 Å². The summed E-state index contributed by atoms with van der Waals surface area (Å²) >= 11 is 0. The third-order valence-corrected chi connectivity index (χ3v) is 5.82. The highest BCUT2D eigenvalue weighted by atomic mass is 32.2. The number of sulfonamides is 1. The Hall–Kier alpha value is -0.620. The molecule has 1 heterocycles. The molecule has 1 aliphatic heterocycles. The van der Waals surface area contributed by atoms with Crippen molar-refractivity contribution in [3.05, 3.63) is 0 Å². The van der Waals surface area contributed by atoms with E-state index in [9.17, 15) is 13.2 Å². The zero-order valence-corrected chi connectivity index (χ0v) is 12.7. The van der Waals surface area contributed by atoms with Crippen LogP contribution in [0.2, 0.25) is 0 Å². The van der Waals surface area contributed by atoms with Crippen LogP contribution in [0, 0.1) is 11.8 Å². The highest BCUT2D eigenvalue weighted by Gasteiger charge is 2.26. The van der Waals surface area contributed by atoms with Crippen LogP contribution in [0.1, 0.15) is 46.0 Å². The number of aliphatic carboxylic acids is 1. The van der Waals surface area contributed by atoms with Crippen LogP contribution in [-0.2, 0) is 14.8 Å². The normalized spacial score (nSPS) is 22.4. The minimum Gasteiger partial charge on any atom is -0.481 e. The third kappa shape index (κ3) is 5.48. The van der Waals surface area contributed by atoms with E-state index in [1.165, 1.54) is 0 Å². The maximum absolute atomic E-state index is 12.1. The fourth-order valence-electron chi connectivity index (χ4n) is 2.58. The van der Waals surface area contributed by atoms with Crippen molar-refractivity contribution in [1.82, 2.24) is 4.31 Å². The maximum Gasteiger partial charge on any atom is 0.303 e. The molecule has 0 radical (unpaired) electrons. The second kappa shape index (κ2) is 7.24. The minimum absolute atomic E-state index is 0.0500. The SMILES string of the molecule is CC(C)C1CCCN(S(=O)(=O)CCCC(=O)O)CC1. The Morgan fingerprint density at radius 2 is 2.00 bits per heavy atom. The highest BCUT2D eigenvalue weighted by Crippen LogP contribution is 2.25. The zero-order chi connectivity index (χ0) is 14.5. The van der Waals surface area contributed by atoms with Gasteiger partial charge in [-0.25, -0.2) is 12.7 Å². The molecule has 1 N–H and O–H groups in total. The predicted octanol–water partition coefficient (Wildman–Crippen LogP) is 1.94. The van der Waals surface area contributed by atoms with Gasteiger partial charge in [0.25, 0.3) is 0 Å². The number of hydrogen-bond donors (Lipinski definition) is 1. The summed E-state index contributed by atoms with van der Waals surface area (Å²) in [5.41, 5.74) is 0. The van der Waals surface area contributed by atoms with Gasteiger partial charge in [0, 0.05) is 19.5 Å². The lowest BCUT2D eigenvalue weighted by Crippen LogP contribution is -2.34. The highest BCUT2D eigenvalue weighted by molar-refractivity contribution is 7.89. The van der Waals surface area contributed by atoms with E-state index in [1.54, 1.807) is 4.31 Å². The lowest BCUT2D eigenvalue weighted by molar-refractivity contribution is -0.137. The monoisotopic (exact) mass is 291 g/mol. The minimum atomic E-state index is -3.28. The Kier molecular flexibility index (Phi) is 6.26. The van der Waals surface area contributed by atoms with Gasteiger partial charge in [0.1, 0.15) is 0 Å². The molecule has 0 aromatic rings. The topological polar surface area (TPSA) is 74.7 Å². The van der Waals surface area contributed by atoms with Crippen molar-refractivity contribution in [3.8, 4) is 0 Å². The van der Waals surface area contributed by atoms with E-state index in [0.29, 0.717) is 24.9 Å². The molecule has 1 unspecified atom stereocenters. The van der Waals surface area contributed by atoms with Gasteiger partial charge in [-0.05, 0) is 37.5 Å². The average molecular weight is 291 g/mol. The molecule has 0 bridgehead atoms. The number of hydrogen-bond acceptors (Lipinski definition) is 3. The van der Waals surface area contributed by atoms with Crippen molar-refractivity contribution in [2.45, 2.75) is 46.0 Å². The Bertz CT molecular complexity index is 391. The average Bonchev–Trinajstić information content (AvgIpc) is 2.53. The molecule has 6 heteroatoms. The Balaban J connectivity index is 2.52. The lowest BCUT2D eigenvalue weighted by Gasteiger charge is -2.21. The van der Waals surface area contributed by atoms with Crippen molar-refractivity contribution in [3.63, 3.8) is 0 Å². The molecule has 112 valence electrons. The van der Waals surface area contributed by atoms with Crippen LogP contribution in [0.25, 0.3) is 0 Å². The molecular formula is C13H25NO4S. The van der Waals surface area contributed by atoms with Crippen molar-refractivity contribution >= 4 is 16.0 Å². The summed E-state index contributed by atoms with van der Waals surface area (Å²) in [6, 6.07) is 0. The largest absolute Gasteiger partial charge is 0.481 e. The molecule has 1 saturated heterocycles. The summed E-state index contributed by atoms with van der Waals surface area (Å²) in [6.07, 6.45) is 3.01. The fourth-order valence-corrected chi connectivity index (χ4v) is 4.13. The molecule has 1 aliphatic rings. The van der Waals surface area contributed by atoms with Gasteiger partial charge in [0.2, 0.25) is 10.0 Å². The van der Waals surface area contributed by atoms with Gasteiger partial charge in [-0.1, -0.05) is 13.8 Å². The first-order valence-electron chi connectivity index (χ1n) is 7.02. The zero-order valence-electron chi connectivity index (χ0n) is 11.8. The fraction of sp³-hybridized carbons (Fsp3) is 0.923. The molecule has 0 amide bonds. The van der Waals surface area contributed by atoms with Crippen molar-refractivity contribution in [2.75, 3.05) is 18.8 Å². The van der Waals surface area contributed by atoms with E-state index in [-0.39, 0.29) is 18.6 Å². The summed E-state index contributed by atoms with van der Waals surface area (Å²) < 4.78 is 25.8. The molecule has 5 nitrogen and oxygen atoms in total. The van der Waals surface area contributed by atoms with Crippen LogP contribution in [-0.4, -0.2) is 42.6 Å². The lowest BCUT2D eigenvalue weighted by atomic mass is 9.89. The van der Waals surface area contributed by atoms with Gasteiger partial charge in [0.05, 0.1) is 5.75 Å². The predicted molar refractivity (Wildman–Crippen MR) is 74.4 cm³/mol. The second-order valence-corrected chi connectivity index (χ2v) is 7.74. The number of carboxylic acids is 1. The Labute approximate surface area is 116 Å². The van der Waals surface area contributed by atoms with E-state index in [2.05, 4.69) is 13.8 Å². The van der Waals surface area contributed by atoms with Gasteiger partial charge in [0.15, 0.2) is 0 Å². The van der Waals surface area contributed by atoms with Gasteiger partial charge >= 0.3 is 5.97 Å². The van der Waals surface area contributed by atoms with E-state index >= 15 is 0 Å². The molecule has 1 fully saturated rings. The van der Waals surface area contributed by atoms with E-state index < -0.39 is 16.0 Å². The molecule has 1 atom stereocenters. The van der Waals surface area contributed by atoms with Crippen LogP contribution in [0.5, 0.6) is 0 Å². The van der Waals surface area contributed by atoms with Crippen LogP contribution < -0.4 is 0 Å². The quantitative estimate of drug-likeness (QED) is 0.811. The van der Waals surface area contributed by atoms with Crippen LogP contribution >= 0.6 is 0 Å². The first-order valence-corrected chi connectivity index (χ1v) is 8.63. The van der Waals surface area contributed by atoms with Crippen molar-refractivity contribution in [1.29, 1.82) is 0 Å². The van der Waals surface area contributed by atoms with E-state index in [0.717, 1.165) is 19.3 Å². The second-order valence-electron chi connectivity index (χ2n) is 5.65. The van der Waals surface area contributed by atoms with Crippen molar-refractivity contribution in [2.24, 2.45) is 11.8 Å². The van der Waals surface area contributed by atoms with E-state index in [1.807, 2.05) is 0 Å². The molecule has 0 saturated carbocycles. The Morgan fingerprint density at radius 3 is 2.58 bits per heavy atom. The molecule has 0 aromatic carbocycles. The Morgan fingerprint density at radius 1 is 1.32 bits per heavy atom. The number of nitrogens with zero attached hydrogens (tertiary/aromatic N) is 1. The van der Waals surface area contributed by atoms with Crippen LogP contribution in [0.3, 0.4) is 0 Å². The van der Waals surface area contributed by atoms with Gasteiger partial charge in [-0.15, -0.1) is 0 Å². The summed E-state index contributed by atoms with van der Waals surface area (Å²) in [5, 5.41) is 8.55. The van der Waals surface area contributed by atoms with Gasteiger partial charge in [-0.3, -0.25) is 4.79 Å². The van der Waals surface area contributed by atoms with E-state index in [4.69, 9.17) is 5.11 Å². The summed E-state index contributed by atoms with van der Waals surface area (Å²) in [6.45, 7) is 5.53. The number of rotatable bonds is 6. The molecular weight excluding hydrogens is 266 g/mol. The molecule has 0 aliphatic carbocycles. The number of carbonyl (C=O) groups is 1. The standard InChI is InChI=1S/C13H25NO4S/c1-11(2)12-5-3-8-14(9-7-12)19(17,18)10-4-6-13(15)16/h11-12H,3-10H2,1-2H3,(H,15,16). The summed E-state index contributed by atoms with van der Waals surface area (Å²) in [4.78, 5) is 10.4. The molecule has 0 aromatic heterocycles. The van der Waals surface area contributed by atoms with Crippen LogP contribution in [0.4, 0.5) is 0 Å².